The Balaban J connectivity index is 0.00000320. The van der Waals surface area contributed by atoms with Crippen LogP contribution in [0.1, 0.15) is 27.2 Å². The van der Waals surface area contributed by atoms with Gasteiger partial charge in [0.15, 0.2) is 5.96 Å². The third kappa shape index (κ3) is 5.98. The molecule has 2 aromatic carbocycles. The molecule has 0 saturated carbocycles. The van der Waals surface area contributed by atoms with Crippen LogP contribution in [0.3, 0.4) is 0 Å². The van der Waals surface area contributed by atoms with Crippen LogP contribution in [0.15, 0.2) is 53.5 Å². The van der Waals surface area contributed by atoms with Gasteiger partial charge < -0.3 is 20.9 Å². The molecule has 0 aliphatic carbocycles. The standard InChI is InChI=1S/C23H29N5O.HI/c1-16-19(20-9-4-5-10-21(20)28-16)12-14-27-23(25-3)26-13-11-17-7-6-8-18(15-17)22(29)24-2;/h4-10,15,28H,11-14H2,1-3H3,(H,24,29)(H2,25,26,27);1H. The Bertz CT molecular complexity index is 1010. The van der Waals surface area contributed by atoms with Gasteiger partial charge in [-0.05, 0) is 49.1 Å². The van der Waals surface area contributed by atoms with Crippen molar-refractivity contribution in [2.24, 2.45) is 4.99 Å². The summed E-state index contributed by atoms with van der Waals surface area (Å²) in [6.07, 6.45) is 1.73. The minimum Gasteiger partial charge on any atom is -0.358 e. The molecular weight excluding hydrogens is 489 g/mol. The summed E-state index contributed by atoms with van der Waals surface area (Å²) in [6, 6.07) is 16.1. The molecule has 3 aromatic rings. The summed E-state index contributed by atoms with van der Waals surface area (Å²) < 4.78 is 0. The molecule has 0 aliphatic rings. The van der Waals surface area contributed by atoms with Crippen molar-refractivity contribution in [3.05, 3.63) is 70.9 Å². The van der Waals surface area contributed by atoms with Gasteiger partial charge in [0.25, 0.3) is 5.91 Å². The molecule has 0 unspecified atom stereocenters. The van der Waals surface area contributed by atoms with E-state index in [9.17, 15) is 4.79 Å². The van der Waals surface area contributed by atoms with E-state index in [1.807, 2.05) is 24.3 Å². The first kappa shape index (κ1) is 23.7. The number of para-hydroxylation sites is 1. The molecule has 6 nitrogen and oxygen atoms in total. The van der Waals surface area contributed by atoms with Crippen molar-refractivity contribution in [3.8, 4) is 0 Å². The quantitative estimate of drug-likeness (QED) is 0.220. The van der Waals surface area contributed by atoms with Gasteiger partial charge in [0.05, 0.1) is 0 Å². The van der Waals surface area contributed by atoms with Gasteiger partial charge in [0, 0.05) is 49.3 Å². The molecule has 0 saturated heterocycles. The predicted octanol–water partition coefficient (Wildman–Crippen LogP) is 3.40. The highest BCUT2D eigenvalue weighted by Crippen LogP contribution is 2.21. The van der Waals surface area contributed by atoms with Crippen LogP contribution in [0.2, 0.25) is 0 Å². The van der Waals surface area contributed by atoms with E-state index in [4.69, 9.17) is 0 Å². The molecule has 160 valence electrons. The van der Waals surface area contributed by atoms with Gasteiger partial charge >= 0.3 is 0 Å². The number of nitrogens with one attached hydrogen (secondary N) is 4. The number of carbonyl (C=O) groups excluding carboxylic acids is 1. The van der Waals surface area contributed by atoms with E-state index < -0.39 is 0 Å². The number of carbonyl (C=O) groups is 1. The van der Waals surface area contributed by atoms with E-state index in [0.29, 0.717) is 5.56 Å². The van der Waals surface area contributed by atoms with Crippen molar-refractivity contribution >= 4 is 46.7 Å². The first-order valence-corrected chi connectivity index (χ1v) is 9.94. The van der Waals surface area contributed by atoms with Crippen LogP contribution in [-0.4, -0.2) is 44.0 Å². The first-order chi connectivity index (χ1) is 14.1. The fourth-order valence-electron chi connectivity index (χ4n) is 3.52. The molecule has 4 N–H and O–H groups in total. The highest BCUT2D eigenvalue weighted by molar-refractivity contribution is 14.0. The van der Waals surface area contributed by atoms with E-state index in [1.165, 1.54) is 22.2 Å². The SMILES string of the molecule is CN=C(NCCc1cccc(C(=O)NC)c1)NCCc1c(C)[nH]c2ccccc12.I. The lowest BCUT2D eigenvalue weighted by Crippen LogP contribution is -2.39. The molecule has 3 rings (SSSR count). The van der Waals surface area contributed by atoms with Gasteiger partial charge in [0.1, 0.15) is 0 Å². The number of aliphatic imine (C=N–C) groups is 1. The number of halogens is 1. The molecule has 30 heavy (non-hydrogen) atoms. The predicted molar refractivity (Wildman–Crippen MR) is 135 cm³/mol. The molecule has 0 fully saturated rings. The molecular formula is C23H30IN5O. The fourth-order valence-corrected chi connectivity index (χ4v) is 3.52. The van der Waals surface area contributed by atoms with Crippen LogP contribution >= 0.6 is 24.0 Å². The Morgan fingerprint density at radius 2 is 1.77 bits per heavy atom. The molecule has 1 amide bonds. The van der Waals surface area contributed by atoms with Crippen LogP contribution < -0.4 is 16.0 Å². The number of H-pyrrole nitrogens is 1. The van der Waals surface area contributed by atoms with E-state index in [1.54, 1.807) is 14.1 Å². The second-order valence-electron chi connectivity index (χ2n) is 6.98. The third-order valence-corrected chi connectivity index (χ3v) is 5.04. The van der Waals surface area contributed by atoms with Crippen molar-refractivity contribution in [1.82, 2.24) is 20.9 Å². The Morgan fingerprint density at radius 3 is 2.50 bits per heavy atom. The van der Waals surface area contributed by atoms with Crippen molar-refractivity contribution < 1.29 is 4.79 Å². The van der Waals surface area contributed by atoms with Crippen LogP contribution in [-0.2, 0) is 12.8 Å². The van der Waals surface area contributed by atoms with Gasteiger partial charge in [-0.15, -0.1) is 24.0 Å². The molecule has 1 heterocycles. The number of aryl methyl sites for hydroxylation is 1. The average molecular weight is 519 g/mol. The Labute approximate surface area is 195 Å². The number of nitrogens with zero attached hydrogens (tertiary/aromatic N) is 1. The molecule has 1 aromatic heterocycles. The minimum absolute atomic E-state index is 0. The van der Waals surface area contributed by atoms with Gasteiger partial charge in [-0.2, -0.15) is 0 Å². The summed E-state index contributed by atoms with van der Waals surface area (Å²) in [5.74, 6) is 0.717. The van der Waals surface area contributed by atoms with E-state index in [2.05, 4.69) is 57.1 Å². The zero-order valence-electron chi connectivity index (χ0n) is 17.7. The second kappa shape index (κ2) is 11.6. The fraction of sp³-hybridized carbons (Fsp3) is 0.304. The topological polar surface area (TPSA) is 81.3 Å². The minimum atomic E-state index is -0.0649. The lowest BCUT2D eigenvalue weighted by atomic mass is 10.1. The third-order valence-electron chi connectivity index (χ3n) is 5.04. The number of rotatable bonds is 7. The summed E-state index contributed by atoms with van der Waals surface area (Å²) in [5, 5.41) is 10.7. The van der Waals surface area contributed by atoms with E-state index in [0.717, 1.165) is 37.5 Å². The van der Waals surface area contributed by atoms with Crippen LogP contribution in [0.5, 0.6) is 0 Å². The summed E-state index contributed by atoms with van der Waals surface area (Å²) in [4.78, 5) is 19.5. The van der Waals surface area contributed by atoms with Gasteiger partial charge in [-0.25, -0.2) is 0 Å². The highest BCUT2D eigenvalue weighted by atomic mass is 127. The molecule has 0 atom stereocenters. The van der Waals surface area contributed by atoms with Crippen LogP contribution in [0.25, 0.3) is 10.9 Å². The summed E-state index contributed by atoms with van der Waals surface area (Å²) >= 11 is 0. The van der Waals surface area contributed by atoms with Gasteiger partial charge in [-0.3, -0.25) is 9.79 Å². The number of hydrogen-bond acceptors (Lipinski definition) is 2. The molecule has 0 bridgehead atoms. The summed E-state index contributed by atoms with van der Waals surface area (Å²) in [6.45, 7) is 3.66. The Hall–Kier alpha value is -2.55. The van der Waals surface area contributed by atoms with Crippen LogP contribution in [0.4, 0.5) is 0 Å². The number of benzene rings is 2. The zero-order valence-corrected chi connectivity index (χ0v) is 20.0. The number of aromatic amines is 1. The lowest BCUT2D eigenvalue weighted by molar-refractivity contribution is 0.0963. The van der Waals surface area contributed by atoms with Crippen molar-refractivity contribution in [3.63, 3.8) is 0 Å². The maximum atomic E-state index is 11.8. The number of guanidine groups is 1. The zero-order chi connectivity index (χ0) is 20.6. The van der Waals surface area contributed by atoms with Crippen molar-refractivity contribution in [2.75, 3.05) is 27.2 Å². The van der Waals surface area contributed by atoms with Crippen LogP contribution in [0, 0.1) is 6.92 Å². The van der Waals surface area contributed by atoms with Gasteiger partial charge in [0.2, 0.25) is 0 Å². The average Bonchev–Trinajstić information content (AvgIpc) is 3.07. The number of amides is 1. The Morgan fingerprint density at radius 1 is 1.03 bits per heavy atom. The lowest BCUT2D eigenvalue weighted by Gasteiger charge is -2.12. The Kier molecular flexibility index (Phi) is 9.16. The monoisotopic (exact) mass is 519 g/mol. The maximum Gasteiger partial charge on any atom is 0.251 e. The normalized spacial score (nSPS) is 11.1. The van der Waals surface area contributed by atoms with Gasteiger partial charge in [-0.1, -0.05) is 30.3 Å². The largest absolute Gasteiger partial charge is 0.358 e. The summed E-state index contributed by atoms with van der Waals surface area (Å²) in [7, 11) is 3.42. The summed E-state index contributed by atoms with van der Waals surface area (Å²) in [5.41, 5.74) is 5.54. The molecule has 0 aliphatic heterocycles. The first-order valence-electron chi connectivity index (χ1n) is 9.94. The molecule has 7 heteroatoms. The number of hydrogen-bond donors (Lipinski definition) is 4. The maximum absolute atomic E-state index is 11.8. The second-order valence-corrected chi connectivity index (χ2v) is 6.98. The van der Waals surface area contributed by atoms with Crippen molar-refractivity contribution in [1.29, 1.82) is 0 Å². The highest BCUT2D eigenvalue weighted by Gasteiger charge is 2.08. The molecule has 0 spiro atoms. The molecule has 0 radical (unpaired) electrons. The van der Waals surface area contributed by atoms with E-state index >= 15 is 0 Å². The van der Waals surface area contributed by atoms with Crippen molar-refractivity contribution in [2.45, 2.75) is 19.8 Å². The van der Waals surface area contributed by atoms with E-state index in [-0.39, 0.29) is 29.9 Å². The smallest absolute Gasteiger partial charge is 0.251 e. The number of aromatic nitrogens is 1. The number of fused-ring (bicyclic) bond motifs is 1.